The second kappa shape index (κ2) is 4.14. The molecular formula is C11H14ClN5. The number of fused-ring (bicyclic) bond motifs is 1. The molecule has 2 heterocycles. The molecule has 0 aromatic carbocycles. The van der Waals surface area contributed by atoms with Crippen LogP contribution in [0.25, 0.3) is 5.78 Å². The van der Waals surface area contributed by atoms with E-state index in [1.807, 2.05) is 13.0 Å². The summed E-state index contributed by atoms with van der Waals surface area (Å²) in [5.41, 5.74) is 0.959. The van der Waals surface area contributed by atoms with E-state index >= 15 is 0 Å². The number of nitrogens with zero attached hydrogens (tertiary/aromatic N) is 5. The number of aromatic nitrogens is 4. The van der Waals surface area contributed by atoms with Crippen LogP contribution in [0.15, 0.2) is 12.4 Å². The Morgan fingerprint density at radius 1 is 1.53 bits per heavy atom. The number of halogens is 1. The zero-order valence-corrected chi connectivity index (χ0v) is 10.4. The first-order valence-electron chi connectivity index (χ1n) is 5.79. The highest BCUT2D eigenvalue weighted by molar-refractivity contribution is 6.18. The first kappa shape index (κ1) is 10.8. The maximum absolute atomic E-state index is 5.88. The molecule has 0 amide bonds. The minimum Gasteiger partial charge on any atom is -0.352 e. The molecule has 0 unspecified atom stereocenters. The number of hydrogen-bond donors (Lipinski definition) is 0. The third-order valence-electron chi connectivity index (χ3n) is 2.97. The van der Waals surface area contributed by atoms with E-state index in [1.54, 1.807) is 4.52 Å². The fraction of sp³-hybridized carbons (Fsp3) is 0.545. The monoisotopic (exact) mass is 251 g/mol. The van der Waals surface area contributed by atoms with Crippen molar-refractivity contribution in [2.75, 3.05) is 17.3 Å². The Morgan fingerprint density at radius 3 is 3.06 bits per heavy atom. The highest BCUT2D eigenvalue weighted by Crippen LogP contribution is 2.31. The summed E-state index contributed by atoms with van der Waals surface area (Å²) < 4.78 is 1.79. The lowest BCUT2D eigenvalue weighted by molar-refractivity contribution is 0.771. The summed E-state index contributed by atoms with van der Waals surface area (Å²) in [5, 5.41) is 4.23. The molecule has 5 nitrogen and oxygen atoms in total. The number of anilines is 1. The summed E-state index contributed by atoms with van der Waals surface area (Å²) in [7, 11) is 0. The summed E-state index contributed by atoms with van der Waals surface area (Å²) in [6.45, 7) is 2.81. The Balaban J connectivity index is 2.09. The van der Waals surface area contributed by atoms with Gasteiger partial charge in [0.25, 0.3) is 5.78 Å². The smallest absolute Gasteiger partial charge is 0.254 e. The van der Waals surface area contributed by atoms with Crippen LogP contribution in [0.4, 0.5) is 5.82 Å². The van der Waals surface area contributed by atoms with E-state index in [4.69, 9.17) is 11.6 Å². The van der Waals surface area contributed by atoms with Crippen LogP contribution in [0.3, 0.4) is 0 Å². The first-order valence-corrected chi connectivity index (χ1v) is 6.33. The molecule has 0 saturated heterocycles. The minimum absolute atomic E-state index is 0.600. The molecule has 1 saturated carbocycles. The topological polar surface area (TPSA) is 46.3 Å². The quantitative estimate of drug-likeness (QED) is 0.775. The van der Waals surface area contributed by atoms with Crippen LogP contribution in [0.5, 0.6) is 0 Å². The number of alkyl halides is 1. The van der Waals surface area contributed by atoms with Gasteiger partial charge in [-0.2, -0.15) is 14.6 Å². The van der Waals surface area contributed by atoms with Gasteiger partial charge in [0.15, 0.2) is 0 Å². The van der Waals surface area contributed by atoms with Gasteiger partial charge in [0.1, 0.15) is 12.1 Å². The van der Waals surface area contributed by atoms with E-state index in [9.17, 15) is 0 Å². The van der Waals surface area contributed by atoms with Crippen LogP contribution >= 0.6 is 11.6 Å². The van der Waals surface area contributed by atoms with Crippen LogP contribution in [0, 0.1) is 6.92 Å². The average Bonchev–Trinajstić information content (AvgIpc) is 3.04. The average molecular weight is 252 g/mol. The fourth-order valence-corrected chi connectivity index (χ4v) is 2.26. The van der Waals surface area contributed by atoms with E-state index in [2.05, 4.69) is 20.0 Å². The van der Waals surface area contributed by atoms with Crippen LogP contribution in [0.2, 0.25) is 0 Å². The van der Waals surface area contributed by atoms with E-state index in [-0.39, 0.29) is 0 Å². The largest absolute Gasteiger partial charge is 0.352 e. The Labute approximate surface area is 104 Å². The van der Waals surface area contributed by atoms with Gasteiger partial charge < -0.3 is 4.90 Å². The molecule has 3 rings (SSSR count). The van der Waals surface area contributed by atoms with Gasteiger partial charge in [-0.3, -0.25) is 0 Å². The molecule has 2 aromatic heterocycles. The lowest BCUT2D eigenvalue weighted by Crippen LogP contribution is -2.30. The van der Waals surface area contributed by atoms with Crippen LogP contribution in [-0.2, 0) is 0 Å². The summed E-state index contributed by atoms with van der Waals surface area (Å²) in [4.78, 5) is 10.8. The second-order valence-corrected chi connectivity index (χ2v) is 4.72. The normalized spacial score (nSPS) is 15.4. The van der Waals surface area contributed by atoms with Crippen molar-refractivity contribution >= 4 is 23.2 Å². The van der Waals surface area contributed by atoms with Crippen LogP contribution < -0.4 is 4.90 Å². The summed E-state index contributed by atoms with van der Waals surface area (Å²) in [6.07, 6.45) is 4.00. The van der Waals surface area contributed by atoms with Crippen molar-refractivity contribution in [2.24, 2.45) is 0 Å². The second-order valence-electron chi connectivity index (χ2n) is 4.34. The van der Waals surface area contributed by atoms with Crippen molar-refractivity contribution in [3.63, 3.8) is 0 Å². The first-order chi connectivity index (χ1) is 8.29. The van der Waals surface area contributed by atoms with Gasteiger partial charge in [0.05, 0.1) is 0 Å². The zero-order valence-electron chi connectivity index (χ0n) is 9.67. The molecule has 17 heavy (non-hydrogen) atoms. The van der Waals surface area contributed by atoms with Crippen molar-refractivity contribution in [1.82, 2.24) is 19.6 Å². The van der Waals surface area contributed by atoms with Crippen molar-refractivity contribution in [2.45, 2.75) is 25.8 Å². The third-order valence-corrected chi connectivity index (χ3v) is 3.14. The highest BCUT2D eigenvalue weighted by Gasteiger charge is 2.30. The van der Waals surface area contributed by atoms with E-state index in [0.29, 0.717) is 17.7 Å². The number of aryl methyl sites for hydroxylation is 1. The maximum atomic E-state index is 5.88. The molecule has 0 bridgehead atoms. The van der Waals surface area contributed by atoms with Gasteiger partial charge in [-0.15, -0.1) is 11.6 Å². The van der Waals surface area contributed by atoms with Gasteiger partial charge in [0.2, 0.25) is 0 Å². The molecule has 1 fully saturated rings. The molecule has 0 spiro atoms. The lowest BCUT2D eigenvalue weighted by atomic mass is 10.3. The third kappa shape index (κ3) is 1.95. The molecule has 6 heteroatoms. The summed E-state index contributed by atoms with van der Waals surface area (Å²) in [6, 6.07) is 2.65. The molecule has 0 radical (unpaired) electrons. The molecule has 0 aliphatic heterocycles. The standard InChI is InChI=1S/C11H14ClN5/c1-8-6-10(16(5-4-12)9-2-3-9)17-11(15-8)13-7-14-17/h6-7,9H,2-5H2,1H3. The van der Waals surface area contributed by atoms with Gasteiger partial charge in [0, 0.05) is 30.2 Å². The van der Waals surface area contributed by atoms with E-state index < -0.39 is 0 Å². The van der Waals surface area contributed by atoms with Crippen molar-refractivity contribution < 1.29 is 0 Å². The molecule has 2 aromatic rings. The Bertz CT molecular complexity index is 534. The highest BCUT2D eigenvalue weighted by atomic mass is 35.5. The van der Waals surface area contributed by atoms with Crippen molar-refractivity contribution in [3.05, 3.63) is 18.1 Å². The van der Waals surface area contributed by atoms with Gasteiger partial charge in [-0.25, -0.2) is 4.98 Å². The molecule has 0 N–H and O–H groups in total. The van der Waals surface area contributed by atoms with Gasteiger partial charge in [-0.1, -0.05) is 0 Å². The molecular weight excluding hydrogens is 238 g/mol. The summed E-state index contributed by atoms with van der Waals surface area (Å²) in [5.74, 6) is 2.32. The Hall–Kier alpha value is -1.36. The SMILES string of the molecule is Cc1cc(N(CCCl)C2CC2)n2ncnc2n1. The molecule has 0 atom stereocenters. The number of hydrogen-bond acceptors (Lipinski definition) is 4. The minimum atomic E-state index is 0.600. The van der Waals surface area contributed by atoms with Gasteiger partial charge in [-0.05, 0) is 19.8 Å². The van der Waals surface area contributed by atoms with Crippen LogP contribution in [0.1, 0.15) is 18.5 Å². The molecule has 1 aliphatic rings. The fourth-order valence-electron chi connectivity index (χ4n) is 2.08. The molecule has 90 valence electrons. The summed E-state index contributed by atoms with van der Waals surface area (Å²) >= 11 is 5.88. The molecule has 1 aliphatic carbocycles. The van der Waals surface area contributed by atoms with Crippen molar-refractivity contribution in [1.29, 1.82) is 0 Å². The zero-order chi connectivity index (χ0) is 11.8. The van der Waals surface area contributed by atoms with E-state index in [0.717, 1.165) is 18.1 Å². The maximum Gasteiger partial charge on any atom is 0.254 e. The predicted octanol–water partition coefficient (Wildman–Crippen LogP) is 1.64. The van der Waals surface area contributed by atoms with Crippen molar-refractivity contribution in [3.8, 4) is 0 Å². The van der Waals surface area contributed by atoms with Crippen LogP contribution in [-0.4, -0.2) is 38.0 Å². The van der Waals surface area contributed by atoms with E-state index in [1.165, 1.54) is 19.2 Å². The Morgan fingerprint density at radius 2 is 2.35 bits per heavy atom. The van der Waals surface area contributed by atoms with Gasteiger partial charge >= 0.3 is 0 Å². The number of rotatable bonds is 4. The predicted molar refractivity (Wildman–Crippen MR) is 66.6 cm³/mol. The lowest BCUT2D eigenvalue weighted by Gasteiger charge is -2.23. The Kier molecular flexibility index (Phi) is 2.63.